The van der Waals surface area contributed by atoms with Gasteiger partial charge in [0.15, 0.2) is 16.7 Å². The molecule has 0 bridgehead atoms. The van der Waals surface area contributed by atoms with Gasteiger partial charge in [-0.05, 0) is 205 Å². The van der Waals surface area contributed by atoms with Gasteiger partial charge in [-0.15, -0.1) is 0 Å². The van der Waals surface area contributed by atoms with Crippen LogP contribution < -0.4 is 0 Å². The zero-order valence-electron chi connectivity index (χ0n) is 67.9. The molecule has 0 atom stereocenters. The maximum atomic E-state index is 10.4. The molecule has 0 unspecified atom stereocenters. The second-order valence-electron chi connectivity index (χ2n) is 32.3. The van der Waals surface area contributed by atoms with Crippen LogP contribution in [0.5, 0.6) is 0 Å². The van der Waals surface area contributed by atoms with Crippen molar-refractivity contribution in [2.24, 2.45) is 0 Å². The van der Waals surface area contributed by atoms with Crippen molar-refractivity contribution in [3.8, 4) is 86.9 Å². The second kappa shape index (κ2) is 28.3. The molecule has 0 spiro atoms. The Morgan fingerprint density at radius 2 is 0.504 bits per heavy atom. The van der Waals surface area contributed by atoms with Crippen LogP contribution >= 0.6 is 0 Å². The minimum atomic E-state index is 0.560. The second-order valence-corrected chi connectivity index (χ2v) is 32.3. The van der Waals surface area contributed by atoms with Crippen LogP contribution in [0.3, 0.4) is 0 Å². The number of aromatic nitrogens is 3. The van der Waals surface area contributed by atoms with Gasteiger partial charge in [0.05, 0.1) is 120 Å². The lowest BCUT2D eigenvalue weighted by atomic mass is 9.96. The van der Waals surface area contributed by atoms with E-state index < -0.39 is 0 Å². The average molecular weight is 1650 g/mol. The summed E-state index contributed by atoms with van der Waals surface area (Å²) in [7, 11) is 0. The molecule has 27 rings (SSSR count). The van der Waals surface area contributed by atoms with Crippen LogP contribution in [0.2, 0.25) is 0 Å². The Morgan fingerprint density at radius 3 is 0.930 bits per heavy atom. The van der Waals surface area contributed by atoms with Crippen molar-refractivity contribution in [2.45, 2.75) is 0 Å². The van der Waals surface area contributed by atoms with Crippen molar-refractivity contribution in [1.29, 1.82) is 31.6 Å². The van der Waals surface area contributed by atoms with E-state index in [4.69, 9.17) is 26.5 Å². The monoisotopic (exact) mass is 1650 g/mol. The van der Waals surface area contributed by atoms with E-state index in [0.29, 0.717) is 33.4 Å². The molecule has 15 nitrogen and oxygen atoms in total. The van der Waals surface area contributed by atoms with Crippen molar-refractivity contribution in [3.05, 3.63) is 379 Å². The van der Waals surface area contributed by atoms with E-state index in [2.05, 4.69) is 184 Å². The highest BCUT2D eigenvalue weighted by Gasteiger charge is 2.28. The number of benzene rings is 18. The zero-order chi connectivity index (χ0) is 86.0. The molecule has 0 fully saturated rings. The van der Waals surface area contributed by atoms with Crippen molar-refractivity contribution in [1.82, 2.24) is 13.7 Å². The van der Waals surface area contributed by atoms with Gasteiger partial charge in [0.2, 0.25) is 0 Å². The minimum Gasteiger partial charge on any atom is -0.456 e. The van der Waals surface area contributed by atoms with Crippen LogP contribution in [0.1, 0.15) is 33.4 Å². The molecule has 0 aliphatic rings. The SMILES string of the molecule is N#Cc1ccc(-c2ccc3oc4ccc(C#N)cc4c3c2)c(-n2c3ccccc3c3ccc4c5ccccc5oc4c32)c1.N#Cc1ccc(-n2c3ccccc3c3ccc4c5ccccc5oc4c32)c(-c2ccc3oc4ccc(C#N)cc4c3c2)c1.N#Cc1ccc2oc3ccc(-c4c(C#N)cccc4-n4c5ccccc5c5ccc6c7ccccc7oc6c54)cc3c2c1. The van der Waals surface area contributed by atoms with Crippen molar-refractivity contribution < 1.29 is 26.5 Å². The van der Waals surface area contributed by atoms with Gasteiger partial charge in [0.25, 0.3) is 0 Å². The predicted molar refractivity (Wildman–Crippen MR) is 511 cm³/mol. The molecule has 0 N–H and O–H groups in total. The number of hydrogen-bond acceptors (Lipinski definition) is 12. The lowest BCUT2D eigenvalue weighted by molar-refractivity contribution is 0.668. The highest BCUT2D eigenvalue weighted by molar-refractivity contribution is 6.26. The first-order valence-corrected chi connectivity index (χ1v) is 41.9. The standard InChI is InChI=1S/3C38H19N3O2/c39-20-22-12-16-34-29(18-22)30-19-23(13-17-35(30)42-34)36-24(21-40)6-5-10-32(36)41-31-9-3-1-7-25(31)27-14-15-28-26-8-2-4-11-33(26)43-38(28)37(27)41;39-20-22-9-14-33(29(17-22)24-11-16-36-31(19-24)30-18-23(21-40)10-15-35(30)42-36)41-32-7-3-1-5-25(32)27-12-13-28-26-6-2-4-8-34(26)43-38(28)37(27)41;39-20-22-10-15-35-30(17-22)31-19-24(11-16-36(31)42-35)25-12-9-23(21-40)18-33(25)41-32-7-3-1-5-26(32)28-13-14-29-27-6-2-4-8-34(27)43-38(29)37(28)41/h3*1-19H. The van der Waals surface area contributed by atoms with Crippen LogP contribution in [0.4, 0.5) is 0 Å². The third kappa shape index (κ3) is 11.1. The van der Waals surface area contributed by atoms with Crippen LogP contribution in [0.25, 0.3) is 247 Å². The fourth-order valence-corrected chi connectivity index (χ4v) is 19.7. The molecular weight excluding hydrogens is 1590 g/mol. The van der Waals surface area contributed by atoms with E-state index in [1.54, 1.807) is 18.2 Å². The molecular formula is C114H57N9O6. The summed E-state index contributed by atoms with van der Waals surface area (Å²) in [5.41, 5.74) is 26.9. The molecule has 9 aromatic heterocycles. The summed E-state index contributed by atoms with van der Waals surface area (Å²) >= 11 is 0. The summed E-state index contributed by atoms with van der Waals surface area (Å²) < 4.78 is 44.7. The lowest BCUT2D eigenvalue weighted by Crippen LogP contribution is -1.99. The number of fused-ring (bicyclic) bond motifs is 30. The maximum Gasteiger partial charge on any atom is 0.160 e. The Hall–Kier alpha value is -18.9. The molecule has 0 radical (unpaired) electrons. The van der Waals surface area contributed by atoms with Gasteiger partial charge in [0.1, 0.15) is 50.2 Å². The molecule has 594 valence electrons. The fraction of sp³-hybridized carbons (Fsp3) is 0. The number of para-hydroxylation sites is 6. The quantitative estimate of drug-likeness (QED) is 0.151. The number of nitriles is 6. The van der Waals surface area contributed by atoms with E-state index in [-0.39, 0.29) is 0 Å². The van der Waals surface area contributed by atoms with Gasteiger partial charge in [-0.25, -0.2) is 0 Å². The molecule has 0 saturated carbocycles. The molecule has 27 aromatic rings. The Bertz CT molecular complexity index is 9730. The van der Waals surface area contributed by atoms with E-state index in [1.165, 1.54) is 0 Å². The Balaban J connectivity index is 0.000000105. The molecule has 0 aliphatic carbocycles. The van der Waals surface area contributed by atoms with Crippen LogP contribution in [-0.2, 0) is 0 Å². The van der Waals surface area contributed by atoms with Crippen molar-refractivity contribution >= 4 is 197 Å². The molecule has 9 heterocycles. The van der Waals surface area contributed by atoms with Gasteiger partial charge in [-0.3, -0.25) is 0 Å². The van der Waals surface area contributed by atoms with Gasteiger partial charge in [-0.1, -0.05) is 158 Å². The summed E-state index contributed by atoms with van der Waals surface area (Å²) in [4.78, 5) is 0. The maximum absolute atomic E-state index is 10.4. The average Bonchev–Trinajstić information content (AvgIpc) is 1.56. The molecule has 15 heteroatoms. The topological polar surface area (TPSA) is 236 Å². The van der Waals surface area contributed by atoms with E-state index in [0.717, 1.165) is 247 Å². The summed E-state index contributed by atoms with van der Waals surface area (Å²) in [5, 5.41) is 77.1. The van der Waals surface area contributed by atoms with Gasteiger partial charge in [-0.2, -0.15) is 31.6 Å². The number of nitrogens with zero attached hydrogens (tertiary/aromatic N) is 9. The number of furan rings is 6. The third-order valence-electron chi connectivity index (χ3n) is 25.4. The van der Waals surface area contributed by atoms with E-state index >= 15 is 0 Å². The Kier molecular flexibility index (Phi) is 16.0. The van der Waals surface area contributed by atoms with Crippen LogP contribution in [0.15, 0.2) is 372 Å². The van der Waals surface area contributed by atoms with Crippen molar-refractivity contribution in [2.75, 3.05) is 0 Å². The van der Waals surface area contributed by atoms with Gasteiger partial charge < -0.3 is 40.2 Å². The summed E-state index contributed by atoms with van der Waals surface area (Å²) in [6.45, 7) is 0. The largest absolute Gasteiger partial charge is 0.456 e. The zero-order valence-corrected chi connectivity index (χ0v) is 67.9. The van der Waals surface area contributed by atoms with E-state index in [9.17, 15) is 31.6 Å². The smallest absolute Gasteiger partial charge is 0.160 e. The highest BCUT2D eigenvalue weighted by atomic mass is 16.3. The van der Waals surface area contributed by atoms with Gasteiger partial charge in [0, 0.05) is 114 Å². The Morgan fingerprint density at radius 1 is 0.186 bits per heavy atom. The Labute approximate surface area is 730 Å². The first-order valence-electron chi connectivity index (χ1n) is 41.9. The number of hydrogen-bond donors (Lipinski definition) is 0. The normalized spacial score (nSPS) is 11.7. The predicted octanol–water partition coefficient (Wildman–Crippen LogP) is 30.0. The van der Waals surface area contributed by atoms with E-state index in [1.807, 2.05) is 194 Å². The summed E-state index contributed by atoms with van der Waals surface area (Å²) in [6, 6.07) is 128. The molecule has 0 aliphatic heterocycles. The molecule has 129 heavy (non-hydrogen) atoms. The summed E-state index contributed by atoms with van der Waals surface area (Å²) in [5.74, 6) is 0. The third-order valence-corrected chi connectivity index (χ3v) is 25.4. The van der Waals surface area contributed by atoms with Crippen LogP contribution in [-0.4, -0.2) is 13.7 Å². The number of rotatable bonds is 6. The fourth-order valence-electron chi connectivity index (χ4n) is 19.7. The van der Waals surface area contributed by atoms with Gasteiger partial charge >= 0.3 is 0 Å². The molecule has 18 aromatic carbocycles. The molecule has 0 saturated heterocycles. The highest BCUT2D eigenvalue weighted by Crippen LogP contribution is 2.49. The minimum absolute atomic E-state index is 0.560. The van der Waals surface area contributed by atoms with Crippen molar-refractivity contribution in [3.63, 3.8) is 0 Å². The van der Waals surface area contributed by atoms with Crippen LogP contribution in [0, 0.1) is 68.0 Å². The summed E-state index contributed by atoms with van der Waals surface area (Å²) in [6.07, 6.45) is 0. The first kappa shape index (κ1) is 72.9. The first-order chi connectivity index (χ1) is 63.7. The molecule has 0 amide bonds. The lowest BCUT2D eigenvalue weighted by Gasteiger charge is -2.15.